The molecular weight excluding hydrogens is 412 g/mol. The molecule has 2 aromatic rings. The summed E-state index contributed by atoms with van der Waals surface area (Å²) in [5.74, 6) is -0.330. The lowest BCUT2D eigenvalue weighted by molar-refractivity contribution is 0.0730. The van der Waals surface area contributed by atoms with Gasteiger partial charge in [-0.05, 0) is 50.6 Å². The number of halogens is 1. The molecule has 1 aliphatic rings. The number of sulfonamides is 1. The summed E-state index contributed by atoms with van der Waals surface area (Å²) in [6.07, 6.45) is 0. The third-order valence-corrected chi connectivity index (χ3v) is 7.20. The van der Waals surface area contributed by atoms with E-state index < -0.39 is 10.0 Å². The van der Waals surface area contributed by atoms with Gasteiger partial charge < -0.3 is 9.64 Å². The van der Waals surface area contributed by atoms with Crippen molar-refractivity contribution in [1.29, 1.82) is 0 Å². The van der Waals surface area contributed by atoms with Gasteiger partial charge in [-0.2, -0.15) is 4.31 Å². The molecule has 0 N–H and O–H groups in total. The lowest BCUT2D eigenvalue weighted by Crippen LogP contribution is -2.40. The molecule has 0 aromatic heterocycles. The Balaban J connectivity index is 1.99. The number of amides is 1. The number of ether oxygens (including phenoxy) is 1. The van der Waals surface area contributed by atoms with Gasteiger partial charge in [-0.3, -0.25) is 4.79 Å². The van der Waals surface area contributed by atoms with E-state index in [1.165, 1.54) is 22.5 Å². The molecular formula is C21H25ClN2O4S. The SMILES string of the molecule is CCN(C(=O)c1cc(S(=O)(=O)N2CCOCC2)ccc1Cl)c1ccc(C)cc1C. The van der Waals surface area contributed by atoms with Crippen LogP contribution in [0.4, 0.5) is 5.69 Å². The lowest BCUT2D eigenvalue weighted by Gasteiger charge is -2.27. The molecule has 0 unspecified atom stereocenters. The molecule has 0 aliphatic carbocycles. The molecule has 6 nitrogen and oxygen atoms in total. The number of carbonyl (C=O) groups is 1. The number of nitrogens with zero attached hydrogens (tertiary/aromatic N) is 2. The Kier molecular flexibility index (Phi) is 6.63. The highest BCUT2D eigenvalue weighted by Gasteiger charge is 2.28. The second kappa shape index (κ2) is 8.83. The van der Waals surface area contributed by atoms with E-state index in [2.05, 4.69) is 0 Å². The maximum absolute atomic E-state index is 13.3. The Morgan fingerprint density at radius 1 is 1.14 bits per heavy atom. The first-order valence-electron chi connectivity index (χ1n) is 9.52. The first-order valence-corrected chi connectivity index (χ1v) is 11.3. The second-order valence-corrected chi connectivity index (χ2v) is 9.34. The Labute approximate surface area is 177 Å². The van der Waals surface area contributed by atoms with Gasteiger partial charge in [0, 0.05) is 25.3 Å². The summed E-state index contributed by atoms with van der Waals surface area (Å²) in [4.78, 5) is 15.0. The quantitative estimate of drug-likeness (QED) is 0.717. The Hall–Kier alpha value is -1.93. The van der Waals surface area contributed by atoms with E-state index in [0.717, 1.165) is 16.8 Å². The van der Waals surface area contributed by atoms with E-state index in [0.29, 0.717) is 19.8 Å². The molecule has 2 aromatic carbocycles. The van der Waals surface area contributed by atoms with Gasteiger partial charge in [-0.25, -0.2) is 8.42 Å². The zero-order valence-electron chi connectivity index (χ0n) is 16.8. The molecule has 1 heterocycles. The standard InChI is InChI=1S/C21H25ClN2O4S/c1-4-24(20-8-5-15(2)13-16(20)3)21(25)18-14-17(6-7-19(18)22)29(26,27)23-9-11-28-12-10-23/h5-8,13-14H,4,9-12H2,1-3H3. The largest absolute Gasteiger partial charge is 0.379 e. The van der Waals surface area contributed by atoms with Crippen molar-refractivity contribution >= 4 is 33.2 Å². The molecule has 0 spiro atoms. The minimum absolute atomic E-state index is 0.0591. The van der Waals surface area contributed by atoms with E-state index in [1.54, 1.807) is 4.90 Å². The molecule has 3 rings (SSSR count). The van der Waals surface area contributed by atoms with E-state index in [9.17, 15) is 13.2 Å². The summed E-state index contributed by atoms with van der Waals surface area (Å²) in [5, 5.41) is 0.221. The van der Waals surface area contributed by atoms with Gasteiger partial charge in [0.05, 0.1) is 28.7 Å². The fourth-order valence-electron chi connectivity index (χ4n) is 3.44. The van der Waals surface area contributed by atoms with Crippen LogP contribution in [0.25, 0.3) is 0 Å². The van der Waals surface area contributed by atoms with Crippen LogP contribution in [0, 0.1) is 13.8 Å². The predicted molar refractivity (Wildman–Crippen MR) is 114 cm³/mol. The maximum atomic E-state index is 13.3. The van der Waals surface area contributed by atoms with E-state index in [1.807, 2.05) is 39.0 Å². The normalized spacial score (nSPS) is 15.3. The van der Waals surface area contributed by atoms with E-state index in [-0.39, 0.29) is 34.5 Å². The number of benzene rings is 2. The van der Waals surface area contributed by atoms with Crippen LogP contribution in [0.2, 0.25) is 5.02 Å². The predicted octanol–water partition coefficient (Wildman–Crippen LogP) is 3.64. The monoisotopic (exact) mass is 436 g/mol. The van der Waals surface area contributed by atoms with Gasteiger partial charge in [0.1, 0.15) is 0 Å². The van der Waals surface area contributed by atoms with Crippen LogP contribution in [-0.2, 0) is 14.8 Å². The van der Waals surface area contributed by atoms with Gasteiger partial charge >= 0.3 is 0 Å². The highest BCUT2D eigenvalue weighted by atomic mass is 35.5. The Bertz CT molecular complexity index is 1020. The number of hydrogen-bond donors (Lipinski definition) is 0. The van der Waals surface area contributed by atoms with Crippen LogP contribution in [0.15, 0.2) is 41.3 Å². The van der Waals surface area contributed by atoms with Gasteiger partial charge in [-0.1, -0.05) is 29.3 Å². The summed E-state index contributed by atoms with van der Waals surface area (Å²) in [7, 11) is -3.72. The summed E-state index contributed by atoms with van der Waals surface area (Å²) >= 11 is 6.30. The third kappa shape index (κ3) is 4.48. The van der Waals surface area contributed by atoms with Crippen molar-refractivity contribution in [3.05, 3.63) is 58.1 Å². The first kappa shape index (κ1) is 21.8. The fraction of sp³-hybridized carbons (Fsp3) is 0.381. The summed E-state index contributed by atoms with van der Waals surface area (Å²) in [5.41, 5.74) is 3.02. The van der Waals surface area contributed by atoms with Crippen molar-refractivity contribution in [3.63, 3.8) is 0 Å². The summed E-state index contributed by atoms with van der Waals surface area (Å²) in [6.45, 7) is 7.53. The number of aryl methyl sites for hydroxylation is 2. The Morgan fingerprint density at radius 2 is 1.83 bits per heavy atom. The van der Waals surface area contributed by atoms with Crippen molar-refractivity contribution in [1.82, 2.24) is 4.31 Å². The van der Waals surface area contributed by atoms with Gasteiger partial charge in [0.2, 0.25) is 10.0 Å². The van der Waals surface area contributed by atoms with Gasteiger partial charge in [0.25, 0.3) is 5.91 Å². The average molecular weight is 437 g/mol. The number of carbonyl (C=O) groups excluding carboxylic acids is 1. The highest BCUT2D eigenvalue weighted by Crippen LogP contribution is 2.28. The van der Waals surface area contributed by atoms with Crippen LogP contribution < -0.4 is 4.90 Å². The molecule has 1 amide bonds. The number of rotatable bonds is 5. The molecule has 0 saturated carbocycles. The smallest absolute Gasteiger partial charge is 0.259 e. The zero-order valence-corrected chi connectivity index (χ0v) is 18.4. The van der Waals surface area contributed by atoms with Crippen molar-refractivity contribution in [3.8, 4) is 0 Å². The topological polar surface area (TPSA) is 66.9 Å². The van der Waals surface area contributed by atoms with Crippen LogP contribution in [0.1, 0.15) is 28.4 Å². The van der Waals surface area contributed by atoms with Crippen molar-refractivity contribution in [2.24, 2.45) is 0 Å². The second-order valence-electron chi connectivity index (χ2n) is 7.00. The molecule has 0 atom stereocenters. The summed E-state index contributed by atoms with van der Waals surface area (Å²) < 4.78 is 32.6. The lowest BCUT2D eigenvalue weighted by atomic mass is 10.1. The van der Waals surface area contributed by atoms with Crippen LogP contribution in [0.5, 0.6) is 0 Å². The van der Waals surface area contributed by atoms with Crippen molar-refractivity contribution in [2.45, 2.75) is 25.7 Å². The molecule has 0 radical (unpaired) electrons. The van der Waals surface area contributed by atoms with E-state index >= 15 is 0 Å². The molecule has 0 bridgehead atoms. The first-order chi connectivity index (χ1) is 13.8. The van der Waals surface area contributed by atoms with Crippen molar-refractivity contribution < 1.29 is 17.9 Å². The molecule has 1 aliphatic heterocycles. The fourth-order valence-corrected chi connectivity index (χ4v) is 5.07. The average Bonchev–Trinajstić information content (AvgIpc) is 2.70. The number of hydrogen-bond acceptors (Lipinski definition) is 4. The minimum atomic E-state index is -3.72. The van der Waals surface area contributed by atoms with Crippen molar-refractivity contribution in [2.75, 3.05) is 37.7 Å². The maximum Gasteiger partial charge on any atom is 0.259 e. The van der Waals surface area contributed by atoms with E-state index in [4.69, 9.17) is 16.3 Å². The van der Waals surface area contributed by atoms with Crippen LogP contribution >= 0.6 is 11.6 Å². The Morgan fingerprint density at radius 3 is 2.45 bits per heavy atom. The molecule has 29 heavy (non-hydrogen) atoms. The van der Waals surface area contributed by atoms with Gasteiger partial charge in [-0.15, -0.1) is 0 Å². The molecule has 156 valence electrons. The molecule has 8 heteroatoms. The van der Waals surface area contributed by atoms with Gasteiger partial charge in [0.15, 0.2) is 0 Å². The summed E-state index contributed by atoms with van der Waals surface area (Å²) in [6, 6.07) is 10.1. The number of anilines is 1. The molecule has 1 saturated heterocycles. The van der Waals surface area contributed by atoms with Crippen LogP contribution in [-0.4, -0.2) is 51.5 Å². The molecule has 1 fully saturated rings. The third-order valence-electron chi connectivity index (χ3n) is 4.98. The minimum Gasteiger partial charge on any atom is -0.379 e. The zero-order chi connectivity index (χ0) is 21.2. The van der Waals surface area contributed by atoms with Crippen LogP contribution in [0.3, 0.4) is 0 Å². The highest BCUT2D eigenvalue weighted by molar-refractivity contribution is 7.89. The number of morpholine rings is 1.